The number of ether oxygens (including phenoxy) is 2. The van der Waals surface area contributed by atoms with Crippen LogP contribution in [0.4, 0.5) is 5.69 Å². The lowest BCUT2D eigenvalue weighted by Gasteiger charge is -2.09. The molecule has 1 heterocycles. The first-order valence-corrected chi connectivity index (χ1v) is 6.91. The van der Waals surface area contributed by atoms with Crippen LogP contribution in [0.5, 0.6) is 11.5 Å². The average molecular weight is 309 g/mol. The average Bonchev–Trinajstić information content (AvgIpc) is 2.90. The van der Waals surface area contributed by atoms with Crippen LogP contribution in [0, 0.1) is 0 Å². The number of thioether (sulfide) groups is 1. The Morgan fingerprint density at radius 1 is 1.33 bits per heavy atom. The monoisotopic (exact) mass is 309 g/mol. The Balaban J connectivity index is 1.97. The Morgan fingerprint density at radius 3 is 2.52 bits per heavy atom. The zero-order chi connectivity index (χ0) is 15.2. The zero-order valence-electron chi connectivity index (χ0n) is 11.6. The van der Waals surface area contributed by atoms with E-state index in [0.717, 1.165) is 0 Å². The minimum Gasteiger partial charge on any atom is -0.497 e. The van der Waals surface area contributed by atoms with E-state index in [4.69, 9.17) is 15.3 Å². The molecule has 0 spiro atoms. The molecule has 3 N–H and O–H groups in total. The lowest BCUT2D eigenvalue weighted by Crippen LogP contribution is -2.15. The van der Waals surface area contributed by atoms with Crippen LogP contribution in [0.2, 0.25) is 0 Å². The quantitative estimate of drug-likeness (QED) is 0.599. The van der Waals surface area contributed by atoms with Crippen LogP contribution in [-0.4, -0.2) is 40.8 Å². The van der Waals surface area contributed by atoms with Gasteiger partial charge in [0.25, 0.3) is 0 Å². The zero-order valence-corrected chi connectivity index (χ0v) is 12.4. The highest BCUT2D eigenvalue weighted by atomic mass is 32.2. The second-order valence-corrected chi connectivity index (χ2v) is 4.90. The van der Waals surface area contributed by atoms with E-state index >= 15 is 0 Å². The number of aromatic nitrogens is 3. The molecular formula is C12H15N5O3S. The maximum Gasteiger partial charge on any atom is 0.234 e. The number of benzene rings is 1. The summed E-state index contributed by atoms with van der Waals surface area (Å²) in [5.41, 5.74) is 0.589. The largest absolute Gasteiger partial charge is 0.497 e. The molecular weight excluding hydrogens is 294 g/mol. The third-order valence-corrected chi connectivity index (χ3v) is 3.46. The van der Waals surface area contributed by atoms with Gasteiger partial charge in [-0.05, 0) is 0 Å². The number of nitrogen functional groups attached to an aromatic ring is 1. The number of rotatable bonds is 6. The SMILES string of the molecule is COc1cc(NC(=O)CSc2nncn2N)cc(OC)c1. The van der Waals surface area contributed by atoms with Crippen molar-refractivity contribution in [2.75, 3.05) is 31.1 Å². The Hall–Kier alpha value is -2.42. The molecule has 8 nitrogen and oxygen atoms in total. The molecule has 2 rings (SSSR count). The normalized spacial score (nSPS) is 10.2. The van der Waals surface area contributed by atoms with E-state index in [-0.39, 0.29) is 11.7 Å². The van der Waals surface area contributed by atoms with Crippen LogP contribution < -0.4 is 20.6 Å². The summed E-state index contributed by atoms with van der Waals surface area (Å²) < 4.78 is 11.5. The first-order chi connectivity index (χ1) is 10.1. The molecule has 0 bridgehead atoms. The summed E-state index contributed by atoms with van der Waals surface area (Å²) in [4.78, 5) is 11.9. The van der Waals surface area contributed by atoms with E-state index < -0.39 is 0 Å². The van der Waals surface area contributed by atoms with Gasteiger partial charge in [-0.1, -0.05) is 11.8 Å². The lowest BCUT2D eigenvalue weighted by atomic mass is 10.2. The van der Waals surface area contributed by atoms with Crippen molar-refractivity contribution in [2.24, 2.45) is 0 Å². The molecule has 1 amide bonds. The second-order valence-electron chi connectivity index (χ2n) is 3.96. The Labute approximate surface area is 125 Å². The summed E-state index contributed by atoms with van der Waals surface area (Å²) in [6.45, 7) is 0. The lowest BCUT2D eigenvalue weighted by molar-refractivity contribution is -0.113. The van der Waals surface area contributed by atoms with Crippen molar-refractivity contribution >= 4 is 23.4 Å². The second kappa shape index (κ2) is 6.84. The number of carbonyl (C=O) groups is 1. The molecule has 1 aromatic carbocycles. The van der Waals surface area contributed by atoms with Gasteiger partial charge in [-0.25, -0.2) is 4.68 Å². The highest BCUT2D eigenvalue weighted by Gasteiger charge is 2.09. The molecule has 0 unspecified atom stereocenters. The number of hydrogen-bond acceptors (Lipinski definition) is 7. The van der Waals surface area contributed by atoms with E-state index in [1.807, 2.05) is 0 Å². The number of carbonyl (C=O) groups excluding carboxylic acids is 1. The third-order valence-electron chi connectivity index (χ3n) is 2.51. The minimum atomic E-state index is -0.196. The van der Waals surface area contributed by atoms with Crippen molar-refractivity contribution in [1.29, 1.82) is 0 Å². The molecule has 0 atom stereocenters. The first kappa shape index (κ1) is 15.0. The summed E-state index contributed by atoms with van der Waals surface area (Å²) in [5.74, 6) is 6.72. The fourth-order valence-corrected chi connectivity index (χ4v) is 2.18. The maximum atomic E-state index is 11.9. The first-order valence-electron chi connectivity index (χ1n) is 5.93. The predicted molar refractivity (Wildman–Crippen MR) is 79.1 cm³/mol. The number of nitrogens with zero attached hydrogens (tertiary/aromatic N) is 3. The number of anilines is 1. The van der Waals surface area contributed by atoms with Gasteiger partial charge >= 0.3 is 0 Å². The van der Waals surface area contributed by atoms with Gasteiger partial charge in [0.15, 0.2) is 0 Å². The topological polar surface area (TPSA) is 104 Å². The van der Waals surface area contributed by atoms with Crippen molar-refractivity contribution in [1.82, 2.24) is 14.9 Å². The van der Waals surface area contributed by atoms with E-state index in [1.54, 1.807) is 32.4 Å². The van der Waals surface area contributed by atoms with Crippen molar-refractivity contribution in [3.05, 3.63) is 24.5 Å². The number of hydrogen-bond donors (Lipinski definition) is 2. The molecule has 21 heavy (non-hydrogen) atoms. The summed E-state index contributed by atoms with van der Waals surface area (Å²) in [6, 6.07) is 5.13. The van der Waals surface area contributed by atoms with Crippen molar-refractivity contribution < 1.29 is 14.3 Å². The molecule has 0 saturated carbocycles. The molecule has 0 fully saturated rings. The molecule has 9 heteroatoms. The van der Waals surface area contributed by atoms with Gasteiger partial charge in [0.1, 0.15) is 17.8 Å². The molecule has 0 saturated heterocycles. The van der Waals surface area contributed by atoms with Crippen LogP contribution in [0.1, 0.15) is 0 Å². The summed E-state index contributed by atoms with van der Waals surface area (Å²) in [5, 5.41) is 10.6. The number of amides is 1. The minimum absolute atomic E-state index is 0.162. The molecule has 0 aliphatic rings. The molecule has 2 aromatic rings. The molecule has 112 valence electrons. The molecule has 0 aliphatic carbocycles. The van der Waals surface area contributed by atoms with E-state index in [9.17, 15) is 4.79 Å². The third kappa shape index (κ3) is 4.02. The molecule has 0 aliphatic heterocycles. The number of methoxy groups -OCH3 is 2. The van der Waals surface area contributed by atoms with Crippen LogP contribution in [-0.2, 0) is 4.79 Å². The van der Waals surface area contributed by atoms with Gasteiger partial charge in [-0.15, -0.1) is 10.2 Å². The van der Waals surface area contributed by atoms with E-state index in [1.165, 1.54) is 22.8 Å². The van der Waals surface area contributed by atoms with Crippen LogP contribution in [0.3, 0.4) is 0 Å². The van der Waals surface area contributed by atoms with Crippen molar-refractivity contribution in [3.8, 4) is 11.5 Å². The van der Waals surface area contributed by atoms with Gasteiger partial charge in [0, 0.05) is 23.9 Å². The summed E-state index contributed by atoms with van der Waals surface area (Å²) >= 11 is 1.19. The smallest absolute Gasteiger partial charge is 0.234 e. The van der Waals surface area contributed by atoms with Crippen molar-refractivity contribution in [3.63, 3.8) is 0 Å². The Morgan fingerprint density at radius 2 is 2.00 bits per heavy atom. The van der Waals surface area contributed by atoms with Gasteiger partial charge in [-0.3, -0.25) is 4.79 Å². The maximum absolute atomic E-state index is 11.9. The van der Waals surface area contributed by atoms with Gasteiger partial charge in [0.2, 0.25) is 11.1 Å². The van der Waals surface area contributed by atoms with Crippen LogP contribution in [0.15, 0.2) is 29.7 Å². The highest BCUT2D eigenvalue weighted by molar-refractivity contribution is 7.99. The summed E-state index contributed by atoms with van der Waals surface area (Å²) in [7, 11) is 3.09. The summed E-state index contributed by atoms with van der Waals surface area (Å²) in [6.07, 6.45) is 1.37. The Bertz CT molecular complexity index is 609. The van der Waals surface area contributed by atoms with Crippen LogP contribution >= 0.6 is 11.8 Å². The van der Waals surface area contributed by atoms with Gasteiger partial charge < -0.3 is 20.6 Å². The fraction of sp³-hybridized carbons (Fsp3) is 0.250. The standard InChI is InChI=1S/C12H15N5O3S/c1-19-9-3-8(4-10(5-9)20-2)15-11(18)6-21-12-16-14-7-17(12)13/h3-5,7H,6,13H2,1-2H3,(H,15,18). The van der Waals surface area contributed by atoms with Gasteiger partial charge in [0.05, 0.1) is 20.0 Å². The predicted octanol–water partition coefficient (Wildman–Crippen LogP) is 0.740. The molecule has 0 radical (unpaired) electrons. The number of nitrogens with one attached hydrogen (secondary N) is 1. The van der Waals surface area contributed by atoms with Crippen LogP contribution in [0.25, 0.3) is 0 Å². The Kier molecular flexibility index (Phi) is 4.88. The van der Waals surface area contributed by atoms with E-state index in [0.29, 0.717) is 22.3 Å². The molecule has 1 aromatic heterocycles. The fourth-order valence-electron chi connectivity index (χ4n) is 1.54. The van der Waals surface area contributed by atoms with E-state index in [2.05, 4.69) is 15.5 Å². The van der Waals surface area contributed by atoms with Crippen molar-refractivity contribution in [2.45, 2.75) is 5.16 Å². The highest BCUT2D eigenvalue weighted by Crippen LogP contribution is 2.26. The number of nitrogens with two attached hydrogens (primary N) is 1. The van der Waals surface area contributed by atoms with Gasteiger partial charge in [-0.2, -0.15) is 0 Å².